The highest BCUT2D eigenvalue weighted by atomic mass is 32.3. The van der Waals surface area contributed by atoms with E-state index in [-0.39, 0.29) is 17.6 Å². The van der Waals surface area contributed by atoms with E-state index in [2.05, 4.69) is 0 Å². The van der Waals surface area contributed by atoms with Crippen molar-refractivity contribution in [3.8, 4) is 0 Å². The third-order valence-corrected chi connectivity index (χ3v) is 3.68. The van der Waals surface area contributed by atoms with Gasteiger partial charge in [-0.3, -0.25) is 4.55 Å². The lowest BCUT2D eigenvalue weighted by Crippen LogP contribution is -2.48. The number of quaternary nitrogens is 1. The highest BCUT2D eigenvalue weighted by Crippen LogP contribution is 2.03. The lowest BCUT2D eigenvalue weighted by Gasteiger charge is -2.31. The first-order valence-corrected chi connectivity index (χ1v) is 8.44. The fraction of sp³-hybridized carbons (Fsp3) is 1.00. The van der Waals surface area contributed by atoms with Crippen LogP contribution in [0.2, 0.25) is 0 Å². The quantitative estimate of drug-likeness (QED) is 0.206. The molecular weight excluding hydrogens is 303 g/mol. The van der Waals surface area contributed by atoms with Gasteiger partial charge in [-0.05, 0) is 0 Å². The third kappa shape index (κ3) is 12.4. The van der Waals surface area contributed by atoms with E-state index in [1.807, 2.05) is 0 Å². The molecule has 116 valence electrons. The molecule has 0 fully saturated rings. The molecule has 0 amide bonds. The second-order valence-electron chi connectivity index (χ2n) is 4.93. The monoisotopic (exact) mass is 323 g/mol. The fourth-order valence-electron chi connectivity index (χ4n) is 1.66. The Hall–Kier alpha value is -0.330. The molecular formula is C8H20FN2O6S2+. The molecule has 0 aliphatic rings. The first-order valence-electron chi connectivity index (χ1n) is 5.45. The Bertz CT molecular complexity index is 475. The van der Waals surface area contributed by atoms with Crippen molar-refractivity contribution in [1.29, 1.82) is 0 Å². The molecule has 0 radical (unpaired) electrons. The van der Waals surface area contributed by atoms with Gasteiger partial charge >= 0.3 is 10.4 Å². The molecule has 0 saturated heterocycles. The largest absolute Gasteiger partial charge is 0.386 e. The first kappa shape index (κ1) is 18.7. The number of hydrogen-bond donors (Lipinski definition) is 3. The van der Waals surface area contributed by atoms with E-state index in [0.29, 0.717) is 13.0 Å². The zero-order valence-corrected chi connectivity index (χ0v) is 12.4. The molecule has 19 heavy (non-hydrogen) atoms. The molecule has 0 rings (SSSR count). The van der Waals surface area contributed by atoms with E-state index in [0.717, 1.165) is 0 Å². The maximum Gasteiger partial charge on any atom is 0.372 e. The SMILES string of the molecule is C[N+](C)(CCCNS(=O)(=O)F)CC(O)CS(=O)(=O)O. The lowest BCUT2D eigenvalue weighted by molar-refractivity contribution is -0.893. The van der Waals surface area contributed by atoms with Crippen LogP contribution in [0.1, 0.15) is 6.42 Å². The van der Waals surface area contributed by atoms with Crippen molar-refractivity contribution in [2.24, 2.45) is 0 Å². The average Bonchev–Trinajstić information content (AvgIpc) is 2.06. The smallest absolute Gasteiger partial charge is 0.372 e. The van der Waals surface area contributed by atoms with Crippen molar-refractivity contribution in [2.75, 3.05) is 39.5 Å². The van der Waals surface area contributed by atoms with Crippen molar-refractivity contribution in [3.63, 3.8) is 0 Å². The number of aliphatic hydroxyl groups is 1. The zero-order valence-electron chi connectivity index (χ0n) is 10.8. The van der Waals surface area contributed by atoms with Gasteiger partial charge in [0.1, 0.15) is 18.4 Å². The van der Waals surface area contributed by atoms with Gasteiger partial charge in [0.2, 0.25) is 0 Å². The molecule has 0 aliphatic heterocycles. The minimum Gasteiger partial charge on any atom is -0.386 e. The summed E-state index contributed by atoms with van der Waals surface area (Å²) in [5, 5.41) is 9.48. The van der Waals surface area contributed by atoms with Crippen molar-refractivity contribution < 1.29 is 34.9 Å². The molecule has 8 nitrogen and oxygen atoms in total. The van der Waals surface area contributed by atoms with Gasteiger partial charge in [-0.1, -0.05) is 3.89 Å². The average molecular weight is 323 g/mol. The molecule has 1 unspecified atom stereocenters. The molecule has 11 heteroatoms. The van der Waals surface area contributed by atoms with Crippen LogP contribution in [-0.2, 0) is 20.5 Å². The van der Waals surface area contributed by atoms with E-state index in [1.165, 1.54) is 0 Å². The molecule has 0 aromatic heterocycles. The summed E-state index contributed by atoms with van der Waals surface area (Å²) in [6.07, 6.45) is -0.919. The number of rotatable bonds is 9. The Morgan fingerprint density at radius 3 is 2.21 bits per heavy atom. The van der Waals surface area contributed by atoms with Crippen LogP contribution in [0.5, 0.6) is 0 Å². The maximum atomic E-state index is 12.1. The summed E-state index contributed by atoms with van der Waals surface area (Å²) in [6.45, 7) is 0.363. The van der Waals surface area contributed by atoms with Crippen molar-refractivity contribution in [3.05, 3.63) is 0 Å². The Labute approximate surface area is 112 Å². The second kappa shape index (κ2) is 6.90. The van der Waals surface area contributed by atoms with Gasteiger partial charge in [-0.15, -0.1) is 0 Å². The number of nitrogens with zero attached hydrogens (tertiary/aromatic N) is 1. The number of likely N-dealkylation sites (N-methyl/N-ethyl adjacent to an activating group) is 1. The van der Waals surface area contributed by atoms with E-state index in [1.54, 1.807) is 18.8 Å². The molecule has 0 heterocycles. The van der Waals surface area contributed by atoms with Crippen LogP contribution in [0.4, 0.5) is 3.89 Å². The molecule has 0 aromatic carbocycles. The highest BCUT2D eigenvalue weighted by Gasteiger charge is 2.24. The summed E-state index contributed by atoms with van der Waals surface area (Å²) >= 11 is 0. The standard InChI is InChI=1S/C8H19FN2O6S2/c1-11(2,5-3-4-10-19(9,16)17)6-8(12)7-18(13,14)15/h8,10,12H,3-7H2,1-2H3/p+1. The van der Waals surface area contributed by atoms with Gasteiger partial charge in [-0.2, -0.15) is 21.6 Å². The van der Waals surface area contributed by atoms with Gasteiger partial charge in [0.15, 0.2) is 0 Å². The van der Waals surface area contributed by atoms with Gasteiger partial charge < -0.3 is 9.59 Å². The minimum absolute atomic E-state index is 0.0577. The van der Waals surface area contributed by atoms with Gasteiger partial charge in [0, 0.05) is 13.0 Å². The molecule has 0 aliphatic carbocycles. The Kier molecular flexibility index (Phi) is 6.78. The minimum atomic E-state index is -4.71. The van der Waals surface area contributed by atoms with Crippen LogP contribution in [0.15, 0.2) is 0 Å². The summed E-state index contributed by atoms with van der Waals surface area (Å²) in [5.74, 6) is -0.758. The Balaban J connectivity index is 4.11. The highest BCUT2D eigenvalue weighted by molar-refractivity contribution is 7.85. The lowest BCUT2D eigenvalue weighted by atomic mass is 10.3. The summed E-state index contributed by atoms with van der Waals surface area (Å²) in [4.78, 5) is 0. The van der Waals surface area contributed by atoms with Crippen LogP contribution in [0, 0.1) is 0 Å². The number of nitrogens with one attached hydrogen (secondary N) is 1. The number of aliphatic hydroxyl groups excluding tert-OH is 1. The van der Waals surface area contributed by atoms with Gasteiger partial charge in [-0.25, -0.2) is 0 Å². The molecule has 0 bridgehead atoms. The predicted molar refractivity (Wildman–Crippen MR) is 66.9 cm³/mol. The number of hydrogen-bond acceptors (Lipinski definition) is 5. The first-order chi connectivity index (χ1) is 8.31. The topological polar surface area (TPSA) is 121 Å². The van der Waals surface area contributed by atoms with Crippen molar-refractivity contribution in [1.82, 2.24) is 4.72 Å². The van der Waals surface area contributed by atoms with E-state index < -0.39 is 32.4 Å². The van der Waals surface area contributed by atoms with Crippen molar-refractivity contribution >= 4 is 20.5 Å². The predicted octanol–water partition coefficient (Wildman–Crippen LogP) is -1.49. The second-order valence-corrected chi connectivity index (χ2v) is 7.59. The summed E-state index contributed by atoms with van der Waals surface area (Å²) in [6, 6.07) is 0. The molecule has 0 saturated carbocycles. The maximum absolute atomic E-state index is 12.1. The fourth-order valence-corrected chi connectivity index (χ4v) is 2.64. The van der Waals surface area contributed by atoms with E-state index >= 15 is 0 Å². The van der Waals surface area contributed by atoms with Crippen LogP contribution in [-0.4, -0.2) is 76.6 Å². The molecule has 3 N–H and O–H groups in total. The molecule has 0 aromatic rings. The Morgan fingerprint density at radius 2 is 1.79 bits per heavy atom. The number of halogens is 1. The van der Waals surface area contributed by atoms with E-state index in [9.17, 15) is 25.8 Å². The van der Waals surface area contributed by atoms with Gasteiger partial charge in [0.05, 0.1) is 20.6 Å². The third-order valence-electron chi connectivity index (χ3n) is 2.32. The van der Waals surface area contributed by atoms with Crippen LogP contribution >= 0.6 is 0 Å². The Morgan fingerprint density at radius 1 is 1.26 bits per heavy atom. The summed E-state index contributed by atoms with van der Waals surface area (Å²) in [5.41, 5.74) is 0. The van der Waals surface area contributed by atoms with E-state index in [4.69, 9.17) is 4.55 Å². The van der Waals surface area contributed by atoms with Crippen LogP contribution in [0.25, 0.3) is 0 Å². The summed E-state index contributed by atoms with van der Waals surface area (Å²) < 4.78 is 64.1. The molecule has 0 spiro atoms. The molecule has 1 atom stereocenters. The zero-order chi connectivity index (χ0) is 15.3. The van der Waals surface area contributed by atoms with Crippen LogP contribution in [0.3, 0.4) is 0 Å². The van der Waals surface area contributed by atoms with Crippen molar-refractivity contribution in [2.45, 2.75) is 12.5 Å². The van der Waals surface area contributed by atoms with Gasteiger partial charge in [0.25, 0.3) is 10.1 Å². The van der Waals surface area contributed by atoms with Crippen LogP contribution < -0.4 is 4.72 Å². The normalized spacial score (nSPS) is 15.4. The summed E-state index contributed by atoms with van der Waals surface area (Å²) in [7, 11) is -5.57.